The van der Waals surface area contributed by atoms with Gasteiger partial charge in [-0.05, 0) is 30.7 Å². The van der Waals surface area contributed by atoms with Gasteiger partial charge < -0.3 is 5.11 Å². The van der Waals surface area contributed by atoms with Crippen molar-refractivity contribution in [3.05, 3.63) is 52.6 Å². The number of carbonyl (C=O) groups is 1. The number of aliphatic hydroxyl groups excluding tert-OH is 1. The number of alkyl halides is 1. The minimum atomic E-state index is -1.21. The van der Waals surface area contributed by atoms with Gasteiger partial charge in [0.25, 0.3) is 0 Å². The molecule has 0 saturated heterocycles. The smallest absolute Gasteiger partial charge is 0.241 e. The van der Waals surface area contributed by atoms with Crippen LogP contribution < -0.4 is 5.32 Å². The molecule has 7 nitrogen and oxygen atoms in total. The van der Waals surface area contributed by atoms with Crippen LogP contribution in [0.3, 0.4) is 0 Å². The number of nitriles is 1. The molecule has 30 heavy (non-hydrogen) atoms. The highest BCUT2D eigenvalue weighted by molar-refractivity contribution is 5.90. The summed E-state index contributed by atoms with van der Waals surface area (Å²) in [6.07, 6.45) is 2.16. The number of amides is 1. The number of aromatic nitrogens is 2. The number of hydrogen-bond acceptors (Lipinski definition) is 6. The van der Waals surface area contributed by atoms with Crippen molar-refractivity contribution in [3.8, 4) is 6.07 Å². The third-order valence-corrected chi connectivity index (χ3v) is 6.19. The Morgan fingerprint density at radius 2 is 2.00 bits per heavy atom. The molecular weight excluding hydrogens is 392 g/mol. The SMILES string of the molecule is N#Cc1cnc(NC(=O)CN2C[C@]3(C[C@@H]3F)c3c(ccc(C4CC4)c3F)C2O)nc1. The van der Waals surface area contributed by atoms with Crippen molar-refractivity contribution in [2.24, 2.45) is 0 Å². The van der Waals surface area contributed by atoms with Gasteiger partial charge in [-0.3, -0.25) is 15.0 Å². The van der Waals surface area contributed by atoms with Gasteiger partial charge in [0, 0.05) is 23.1 Å². The Morgan fingerprint density at radius 3 is 2.60 bits per heavy atom. The van der Waals surface area contributed by atoms with Crippen LogP contribution in [0.1, 0.15) is 53.7 Å². The van der Waals surface area contributed by atoms with E-state index in [4.69, 9.17) is 5.26 Å². The lowest BCUT2D eigenvalue weighted by Crippen LogP contribution is -2.46. The lowest BCUT2D eigenvalue weighted by molar-refractivity contribution is -0.121. The Kier molecular flexibility index (Phi) is 4.31. The quantitative estimate of drug-likeness (QED) is 0.801. The summed E-state index contributed by atoms with van der Waals surface area (Å²) >= 11 is 0. The van der Waals surface area contributed by atoms with Gasteiger partial charge in [-0.1, -0.05) is 12.1 Å². The second kappa shape index (κ2) is 6.79. The molecule has 3 atom stereocenters. The third kappa shape index (κ3) is 3.04. The molecule has 1 aromatic heterocycles. The molecule has 1 aliphatic heterocycles. The van der Waals surface area contributed by atoms with E-state index in [1.807, 2.05) is 6.07 Å². The summed E-state index contributed by atoms with van der Waals surface area (Å²) in [5.74, 6) is -0.694. The highest BCUT2D eigenvalue weighted by atomic mass is 19.1. The Balaban J connectivity index is 1.38. The maximum atomic E-state index is 15.3. The largest absolute Gasteiger partial charge is 0.374 e. The summed E-state index contributed by atoms with van der Waals surface area (Å²) in [6, 6.07) is 5.22. The minimum absolute atomic E-state index is 0.0236. The van der Waals surface area contributed by atoms with Crippen molar-refractivity contribution < 1.29 is 18.7 Å². The average Bonchev–Trinajstić information content (AvgIpc) is 3.65. The molecule has 1 amide bonds. The van der Waals surface area contributed by atoms with Crippen LogP contribution in [-0.4, -0.2) is 45.1 Å². The maximum absolute atomic E-state index is 15.3. The zero-order valence-electron chi connectivity index (χ0n) is 16.0. The first-order valence-corrected chi connectivity index (χ1v) is 9.84. The van der Waals surface area contributed by atoms with E-state index >= 15 is 4.39 Å². The first kappa shape index (κ1) is 19.0. The molecule has 154 valence electrons. The number of fused-ring (bicyclic) bond motifs is 2. The highest BCUT2D eigenvalue weighted by Gasteiger charge is 2.62. The van der Waals surface area contributed by atoms with E-state index in [9.17, 15) is 14.3 Å². The summed E-state index contributed by atoms with van der Waals surface area (Å²) in [6.45, 7) is -0.181. The van der Waals surface area contributed by atoms with E-state index < -0.39 is 29.5 Å². The van der Waals surface area contributed by atoms with Gasteiger partial charge in [0.15, 0.2) is 0 Å². The van der Waals surface area contributed by atoms with Gasteiger partial charge in [0.1, 0.15) is 24.3 Å². The number of carbonyl (C=O) groups excluding carboxylic acids is 1. The number of anilines is 1. The molecule has 1 spiro atoms. The van der Waals surface area contributed by atoms with Gasteiger partial charge in [-0.15, -0.1) is 0 Å². The number of benzene rings is 1. The molecule has 2 heterocycles. The Morgan fingerprint density at radius 1 is 1.33 bits per heavy atom. The van der Waals surface area contributed by atoms with Crippen molar-refractivity contribution in [3.63, 3.8) is 0 Å². The normalized spacial score (nSPS) is 27.4. The maximum Gasteiger partial charge on any atom is 0.241 e. The van der Waals surface area contributed by atoms with E-state index in [0.717, 1.165) is 12.8 Å². The fourth-order valence-corrected chi connectivity index (χ4v) is 4.39. The summed E-state index contributed by atoms with van der Waals surface area (Å²) < 4.78 is 29.7. The Labute approximate surface area is 171 Å². The van der Waals surface area contributed by atoms with Crippen molar-refractivity contribution in [2.45, 2.75) is 43.0 Å². The van der Waals surface area contributed by atoms with Crippen LogP contribution in [0, 0.1) is 17.1 Å². The second-order valence-electron chi connectivity index (χ2n) is 8.27. The van der Waals surface area contributed by atoms with Crippen LogP contribution in [0.2, 0.25) is 0 Å². The monoisotopic (exact) mass is 411 g/mol. The highest BCUT2D eigenvalue weighted by Crippen LogP contribution is 2.58. The van der Waals surface area contributed by atoms with E-state index in [1.54, 1.807) is 12.1 Å². The van der Waals surface area contributed by atoms with Crippen LogP contribution in [0.15, 0.2) is 24.5 Å². The molecule has 0 bridgehead atoms. The van der Waals surface area contributed by atoms with Crippen molar-refractivity contribution in [1.29, 1.82) is 5.26 Å². The average molecular weight is 411 g/mol. The number of rotatable bonds is 4. The van der Waals surface area contributed by atoms with E-state index in [-0.39, 0.29) is 42.5 Å². The van der Waals surface area contributed by atoms with Crippen LogP contribution in [0.25, 0.3) is 0 Å². The molecule has 2 N–H and O–H groups in total. The molecule has 2 saturated carbocycles. The minimum Gasteiger partial charge on any atom is -0.374 e. The summed E-state index contributed by atoms with van der Waals surface area (Å²) in [4.78, 5) is 21.6. The van der Waals surface area contributed by atoms with Crippen LogP contribution in [0.5, 0.6) is 0 Å². The summed E-state index contributed by atoms with van der Waals surface area (Å²) in [7, 11) is 0. The first-order valence-electron chi connectivity index (χ1n) is 9.84. The topological polar surface area (TPSA) is 102 Å². The third-order valence-electron chi connectivity index (χ3n) is 6.19. The first-order chi connectivity index (χ1) is 14.4. The number of aliphatic hydroxyl groups is 1. The van der Waals surface area contributed by atoms with E-state index in [0.29, 0.717) is 11.1 Å². The van der Waals surface area contributed by atoms with Gasteiger partial charge in [-0.2, -0.15) is 5.26 Å². The molecule has 1 unspecified atom stereocenters. The lowest BCUT2D eigenvalue weighted by Gasteiger charge is -2.39. The molecular formula is C21H19F2N5O2. The van der Waals surface area contributed by atoms with E-state index in [1.165, 1.54) is 17.3 Å². The molecule has 0 radical (unpaired) electrons. The zero-order valence-corrected chi connectivity index (χ0v) is 16.0. The number of hydrogen-bond donors (Lipinski definition) is 2. The number of nitrogens with one attached hydrogen (secondary N) is 1. The molecule has 2 fully saturated rings. The van der Waals surface area contributed by atoms with Gasteiger partial charge in [0.2, 0.25) is 11.9 Å². The molecule has 5 rings (SSSR count). The lowest BCUT2D eigenvalue weighted by atomic mass is 9.83. The number of halogens is 2. The molecule has 2 aromatic rings. The fourth-order valence-electron chi connectivity index (χ4n) is 4.39. The Bertz CT molecular complexity index is 1070. The molecule has 3 aliphatic rings. The predicted molar refractivity (Wildman–Crippen MR) is 101 cm³/mol. The molecule has 1 aromatic carbocycles. The summed E-state index contributed by atoms with van der Waals surface area (Å²) in [5.41, 5.74) is 0.441. The van der Waals surface area contributed by atoms with Gasteiger partial charge in [-0.25, -0.2) is 18.7 Å². The van der Waals surface area contributed by atoms with Crippen LogP contribution >= 0.6 is 0 Å². The van der Waals surface area contributed by atoms with Crippen LogP contribution in [0.4, 0.5) is 14.7 Å². The fraction of sp³-hybridized carbons (Fsp3) is 0.429. The van der Waals surface area contributed by atoms with Crippen molar-refractivity contribution in [1.82, 2.24) is 14.9 Å². The van der Waals surface area contributed by atoms with Gasteiger partial charge in [0.05, 0.1) is 24.5 Å². The zero-order chi connectivity index (χ0) is 21.0. The van der Waals surface area contributed by atoms with Crippen molar-refractivity contribution >= 4 is 11.9 Å². The van der Waals surface area contributed by atoms with E-state index in [2.05, 4.69) is 15.3 Å². The second-order valence-corrected chi connectivity index (χ2v) is 8.27. The van der Waals surface area contributed by atoms with Crippen LogP contribution in [-0.2, 0) is 10.2 Å². The summed E-state index contributed by atoms with van der Waals surface area (Å²) in [5, 5.41) is 22.1. The van der Waals surface area contributed by atoms with Gasteiger partial charge >= 0.3 is 0 Å². The molecule has 2 aliphatic carbocycles. The Hall–Kier alpha value is -2.96. The standard InChI is InChI=1S/C21H19F2N5O2/c22-15-5-21(15)10-28(9-16(29)27-20-25-7-11(6-24)8-26-20)19(30)14-4-3-13(12-1-2-12)18(23)17(14)21/h3-4,7-8,12,15,19,30H,1-2,5,9-10H2,(H,25,26,27,29)/t15-,19?,21-/m0/s1. The number of nitrogens with zero attached hydrogens (tertiary/aromatic N) is 4. The predicted octanol–water partition coefficient (Wildman–Crippen LogP) is 2.29. The van der Waals surface area contributed by atoms with Crippen molar-refractivity contribution in [2.75, 3.05) is 18.4 Å². The molecule has 9 heteroatoms.